The number of nitrogens with one attached hydrogen (secondary N) is 1. The molecule has 1 aromatic carbocycles. The van der Waals surface area contributed by atoms with Gasteiger partial charge in [-0.15, -0.1) is 0 Å². The largest absolute Gasteiger partial charge is 0.378 e. The van der Waals surface area contributed by atoms with Gasteiger partial charge in [0.2, 0.25) is 0 Å². The molecule has 0 unspecified atom stereocenters. The molecule has 1 aliphatic heterocycles. The third-order valence-electron chi connectivity index (χ3n) is 3.99. The highest BCUT2D eigenvalue weighted by molar-refractivity contribution is 5.65. The van der Waals surface area contributed by atoms with E-state index in [2.05, 4.69) is 20.2 Å². The Morgan fingerprint density at radius 3 is 2.50 bits per heavy atom. The first-order valence-electron chi connectivity index (χ1n) is 7.77. The Morgan fingerprint density at radius 2 is 1.79 bits per heavy atom. The van der Waals surface area contributed by atoms with E-state index in [0.29, 0.717) is 37.9 Å². The lowest BCUT2D eigenvalue weighted by Crippen LogP contribution is -2.37. The van der Waals surface area contributed by atoms with E-state index >= 15 is 0 Å². The summed E-state index contributed by atoms with van der Waals surface area (Å²) >= 11 is 0. The van der Waals surface area contributed by atoms with Crippen LogP contribution in [0.5, 0.6) is 0 Å². The number of halogens is 1. The van der Waals surface area contributed by atoms with Gasteiger partial charge >= 0.3 is 0 Å². The van der Waals surface area contributed by atoms with Crippen molar-refractivity contribution in [2.45, 2.75) is 0 Å². The smallest absolute Gasteiger partial charge is 0.183 e. The van der Waals surface area contributed by atoms with Gasteiger partial charge in [-0.2, -0.15) is 5.10 Å². The number of rotatable bonds is 3. The molecule has 0 atom stereocenters. The van der Waals surface area contributed by atoms with E-state index in [1.807, 2.05) is 35.2 Å². The van der Waals surface area contributed by atoms with Crippen LogP contribution in [0.1, 0.15) is 0 Å². The summed E-state index contributed by atoms with van der Waals surface area (Å²) in [5.41, 5.74) is 2.80. The number of aromatic amines is 1. The summed E-state index contributed by atoms with van der Waals surface area (Å²) in [4.78, 5) is 10.4. The van der Waals surface area contributed by atoms with E-state index in [-0.39, 0.29) is 0 Å². The molecular weight excluding hydrogens is 309 g/mol. The maximum atomic E-state index is 14.1. The SMILES string of the molecule is Fc1cnc(-c2ccc(-c3ccn[nH]3)cc2)nc1N1CCOCC1. The number of morpholine rings is 1. The zero-order valence-corrected chi connectivity index (χ0v) is 12.9. The maximum absolute atomic E-state index is 14.1. The number of hydrogen-bond donors (Lipinski definition) is 1. The molecule has 2 aromatic heterocycles. The van der Waals surface area contributed by atoms with Crippen LogP contribution in [0.25, 0.3) is 22.6 Å². The quantitative estimate of drug-likeness (QED) is 0.801. The summed E-state index contributed by atoms with van der Waals surface area (Å²) in [6.07, 6.45) is 2.94. The van der Waals surface area contributed by atoms with Crippen molar-refractivity contribution in [3.8, 4) is 22.6 Å². The van der Waals surface area contributed by atoms with Gasteiger partial charge in [0.25, 0.3) is 0 Å². The molecule has 0 radical (unpaired) electrons. The minimum atomic E-state index is -0.408. The molecule has 1 aliphatic rings. The van der Waals surface area contributed by atoms with Gasteiger partial charge in [0.15, 0.2) is 17.5 Å². The second-order valence-electron chi connectivity index (χ2n) is 5.51. The van der Waals surface area contributed by atoms with Crippen molar-refractivity contribution in [3.05, 3.63) is 48.5 Å². The van der Waals surface area contributed by atoms with Crippen LogP contribution in [0.4, 0.5) is 10.2 Å². The predicted molar refractivity (Wildman–Crippen MR) is 88.0 cm³/mol. The van der Waals surface area contributed by atoms with Gasteiger partial charge < -0.3 is 9.64 Å². The van der Waals surface area contributed by atoms with Crippen molar-refractivity contribution in [3.63, 3.8) is 0 Å². The molecule has 1 saturated heterocycles. The van der Waals surface area contributed by atoms with Crippen molar-refractivity contribution in [1.29, 1.82) is 0 Å². The molecule has 3 aromatic rings. The molecule has 0 bridgehead atoms. The van der Waals surface area contributed by atoms with Crippen LogP contribution in [0.15, 0.2) is 42.7 Å². The average Bonchev–Trinajstić information content (AvgIpc) is 3.18. The Labute approximate surface area is 138 Å². The van der Waals surface area contributed by atoms with E-state index in [9.17, 15) is 4.39 Å². The molecule has 0 aliphatic carbocycles. The highest BCUT2D eigenvalue weighted by Crippen LogP contribution is 2.24. The van der Waals surface area contributed by atoms with Crippen molar-refractivity contribution in [2.75, 3.05) is 31.2 Å². The standard InChI is InChI=1S/C17H16FN5O/c18-14-11-19-16(21-17(14)23-7-9-24-10-8-23)13-3-1-12(2-4-13)15-5-6-20-22-15/h1-6,11H,7-10H2,(H,20,22). The second-order valence-corrected chi connectivity index (χ2v) is 5.51. The Hall–Kier alpha value is -2.80. The van der Waals surface area contributed by atoms with E-state index in [0.717, 1.165) is 16.8 Å². The second kappa shape index (κ2) is 6.37. The number of aromatic nitrogens is 4. The number of nitrogens with zero attached hydrogens (tertiary/aromatic N) is 4. The van der Waals surface area contributed by atoms with Crippen LogP contribution >= 0.6 is 0 Å². The van der Waals surface area contributed by atoms with E-state index in [4.69, 9.17) is 4.74 Å². The van der Waals surface area contributed by atoms with Crippen molar-refractivity contribution < 1.29 is 9.13 Å². The molecule has 1 N–H and O–H groups in total. The fourth-order valence-electron chi connectivity index (χ4n) is 2.71. The molecule has 6 nitrogen and oxygen atoms in total. The third kappa shape index (κ3) is 2.85. The monoisotopic (exact) mass is 325 g/mol. The molecule has 0 saturated carbocycles. The number of anilines is 1. The molecule has 3 heterocycles. The Morgan fingerprint density at radius 1 is 1.04 bits per heavy atom. The van der Waals surface area contributed by atoms with Crippen LogP contribution in [-0.2, 0) is 4.74 Å². The van der Waals surface area contributed by atoms with E-state index < -0.39 is 5.82 Å². The van der Waals surface area contributed by atoms with Crippen LogP contribution in [-0.4, -0.2) is 46.5 Å². The first-order chi connectivity index (χ1) is 11.8. The summed E-state index contributed by atoms with van der Waals surface area (Å²) in [6.45, 7) is 2.42. The lowest BCUT2D eigenvalue weighted by Gasteiger charge is -2.28. The van der Waals surface area contributed by atoms with Gasteiger partial charge in [-0.25, -0.2) is 14.4 Å². The van der Waals surface area contributed by atoms with Crippen molar-refractivity contribution in [2.24, 2.45) is 0 Å². The predicted octanol–water partition coefficient (Wildman–Crippen LogP) is 2.51. The van der Waals surface area contributed by atoms with Gasteiger partial charge in [0, 0.05) is 24.8 Å². The van der Waals surface area contributed by atoms with Gasteiger partial charge in [-0.1, -0.05) is 24.3 Å². The fraction of sp³-hybridized carbons (Fsp3) is 0.235. The molecule has 0 amide bonds. The molecule has 7 heteroatoms. The van der Waals surface area contributed by atoms with Gasteiger partial charge in [0.1, 0.15) is 0 Å². The first kappa shape index (κ1) is 14.8. The van der Waals surface area contributed by atoms with Crippen molar-refractivity contribution >= 4 is 5.82 Å². The molecule has 1 fully saturated rings. The molecule has 122 valence electrons. The molecule has 24 heavy (non-hydrogen) atoms. The Balaban J connectivity index is 1.64. The number of ether oxygens (including phenoxy) is 1. The summed E-state index contributed by atoms with van der Waals surface area (Å²) < 4.78 is 19.4. The first-order valence-corrected chi connectivity index (χ1v) is 7.77. The van der Waals surface area contributed by atoms with Crippen LogP contribution < -0.4 is 4.90 Å². The number of hydrogen-bond acceptors (Lipinski definition) is 5. The Bertz CT molecular complexity index is 814. The number of H-pyrrole nitrogens is 1. The molecular formula is C17H16FN5O. The highest BCUT2D eigenvalue weighted by Gasteiger charge is 2.18. The summed E-state index contributed by atoms with van der Waals surface area (Å²) in [7, 11) is 0. The fourth-order valence-corrected chi connectivity index (χ4v) is 2.71. The topological polar surface area (TPSA) is 66.9 Å². The lowest BCUT2D eigenvalue weighted by molar-refractivity contribution is 0.122. The maximum Gasteiger partial charge on any atom is 0.183 e. The minimum Gasteiger partial charge on any atom is -0.378 e. The molecule has 0 spiro atoms. The summed E-state index contributed by atoms with van der Waals surface area (Å²) in [5.74, 6) is 0.435. The van der Waals surface area contributed by atoms with Gasteiger partial charge in [-0.05, 0) is 11.6 Å². The van der Waals surface area contributed by atoms with E-state index in [1.54, 1.807) is 6.20 Å². The number of benzene rings is 1. The van der Waals surface area contributed by atoms with E-state index in [1.165, 1.54) is 6.20 Å². The summed E-state index contributed by atoms with van der Waals surface area (Å²) in [5, 5.41) is 6.87. The van der Waals surface area contributed by atoms with Gasteiger partial charge in [-0.3, -0.25) is 5.10 Å². The zero-order chi connectivity index (χ0) is 16.4. The zero-order valence-electron chi connectivity index (χ0n) is 12.9. The van der Waals surface area contributed by atoms with Crippen LogP contribution in [0.2, 0.25) is 0 Å². The van der Waals surface area contributed by atoms with Crippen molar-refractivity contribution in [1.82, 2.24) is 20.2 Å². The highest BCUT2D eigenvalue weighted by atomic mass is 19.1. The lowest BCUT2D eigenvalue weighted by atomic mass is 10.1. The third-order valence-corrected chi connectivity index (χ3v) is 3.99. The van der Waals surface area contributed by atoms with Crippen LogP contribution in [0, 0.1) is 5.82 Å². The minimum absolute atomic E-state index is 0.334. The molecule has 4 rings (SSSR count). The normalized spacial score (nSPS) is 14.8. The van der Waals surface area contributed by atoms with Crippen LogP contribution in [0.3, 0.4) is 0 Å². The summed E-state index contributed by atoms with van der Waals surface area (Å²) in [6, 6.07) is 9.67. The Kier molecular flexibility index (Phi) is 3.92. The van der Waals surface area contributed by atoms with Gasteiger partial charge in [0.05, 0.1) is 25.1 Å². The average molecular weight is 325 g/mol.